The molecule has 0 saturated carbocycles. The van der Waals surface area contributed by atoms with Crippen LogP contribution in [0.1, 0.15) is 10.4 Å². The number of ketones is 1. The predicted octanol–water partition coefficient (Wildman–Crippen LogP) is 5.13. The highest BCUT2D eigenvalue weighted by Gasteiger charge is 2.83. The van der Waals surface area contributed by atoms with E-state index in [2.05, 4.69) is 0 Å². The summed E-state index contributed by atoms with van der Waals surface area (Å²) < 4.78 is 127. The molecule has 0 aromatic heterocycles. The number of benzene rings is 1. The Kier molecular flexibility index (Phi) is 4.70. The van der Waals surface area contributed by atoms with Crippen molar-refractivity contribution in [1.29, 1.82) is 0 Å². The lowest BCUT2D eigenvalue weighted by molar-refractivity contribution is -0.386. The molecule has 0 aliphatic heterocycles. The Balaban J connectivity index is 3.45. The molecule has 0 aliphatic carbocycles. The van der Waals surface area contributed by atoms with Crippen LogP contribution in [0.15, 0.2) is 18.2 Å². The van der Waals surface area contributed by atoms with E-state index in [1.807, 2.05) is 0 Å². The molecule has 0 bridgehead atoms. The lowest BCUT2D eigenvalue weighted by Gasteiger charge is -2.32. The van der Waals surface area contributed by atoms with E-state index < -0.39 is 46.1 Å². The smallest absolute Gasteiger partial charge is 0.287 e. The van der Waals surface area contributed by atoms with Crippen LogP contribution >= 0.6 is 11.6 Å². The molecule has 0 spiro atoms. The molecule has 1 rings (SSSR count). The molecule has 0 N–H and O–H groups in total. The first kappa shape index (κ1) is 19.5. The van der Waals surface area contributed by atoms with E-state index in [4.69, 9.17) is 11.6 Å². The van der Waals surface area contributed by atoms with Gasteiger partial charge in [-0.3, -0.25) is 4.79 Å². The Morgan fingerprint density at radius 2 is 1.35 bits per heavy atom. The summed E-state index contributed by atoms with van der Waals surface area (Å²) in [5.41, 5.74) is -1.67. The van der Waals surface area contributed by atoms with Crippen molar-refractivity contribution < 1.29 is 48.7 Å². The zero-order valence-electron chi connectivity index (χ0n) is 10.3. The fourth-order valence-electron chi connectivity index (χ4n) is 1.36. The molecule has 23 heavy (non-hydrogen) atoms. The minimum Gasteiger partial charge on any atom is -0.287 e. The Morgan fingerprint density at radius 1 is 0.870 bits per heavy atom. The van der Waals surface area contributed by atoms with Gasteiger partial charge in [-0.2, -0.15) is 39.5 Å². The second kappa shape index (κ2) is 5.53. The summed E-state index contributed by atoms with van der Waals surface area (Å²) in [6, 6.07) is 0.875. The van der Waals surface area contributed by atoms with Crippen LogP contribution in [0.25, 0.3) is 0 Å². The molecule has 12 heteroatoms. The standard InChI is InChI=1S/C11H3ClF10O/c12-6-2-1-4(13)3-5(6)7(23)8(14,15)9(16,17)10(18,19)11(20,21)22/h1-3H. The molecule has 0 unspecified atom stereocenters. The Hall–Kier alpha value is -1.52. The minimum absolute atomic E-state index is 0.0968. The van der Waals surface area contributed by atoms with Crippen molar-refractivity contribution in [2.75, 3.05) is 0 Å². The third-order valence-corrected chi connectivity index (χ3v) is 2.93. The summed E-state index contributed by atoms with van der Waals surface area (Å²) in [5, 5.41) is -1.04. The van der Waals surface area contributed by atoms with Crippen LogP contribution in [-0.4, -0.2) is 29.7 Å². The summed E-state index contributed by atoms with van der Waals surface area (Å²) in [6.45, 7) is 0. The van der Waals surface area contributed by atoms with Gasteiger partial charge in [-0.15, -0.1) is 0 Å². The van der Waals surface area contributed by atoms with Crippen LogP contribution in [0, 0.1) is 5.82 Å². The maximum atomic E-state index is 13.4. The summed E-state index contributed by atoms with van der Waals surface area (Å²) >= 11 is 5.18. The van der Waals surface area contributed by atoms with E-state index in [1.54, 1.807) is 0 Å². The monoisotopic (exact) mass is 376 g/mol. The molecule has 0 atom stereocenters. The third kappa shape index (κ3) is 2.98. The first-order valence-corrected chi connectivity index (χ1v) is 5.65. The molecule has 0 fully saturated rings. The van der Waals surface area contributed by atoms with E-state index in [1.165, 1.54) is 0 Å². The van der Waals surface area contributed by atoms with Gasteiger partial charge in [0.15, 0.2) is 0 Å². The van der Waals surface area contributed by atoms with Gasteiger partial charge in [-0.05, 0) is 18.2 Å². The maximum absolute atomic E-state index is 13.4. The number of halogens is 11. The second-order valence-corrected chi connectivity index (χ2v) is 4.58. The van der Waals surface area contributed by atoms with Crippen molar-refractivity contribution in [3.8, 4) is 0 Å². The molecule has 130 valence electrons. The molecular formula is C11H3ClF10O. The minimum atomic E-state index is -7.22. The van der Waals surface area contributed by atoms with Crippen molar-refractivity contribution in [1.82, 2.24) is 0 Å². The molecule has 0 amide bonds. The molecular weight excluding hydrogens is 374 g/mol. The lowest BCUT2D eigenvalue weighted by Crippen LogP contribution is -2.63. The fraction of sp³-hybridized carbons (Fsp3) is 0.364. The van der Waals surface area contributed by atoms with E-state index in [0.717, 1.165) is 0 Å². The first-order chi connectivity index (χ1) is 10.1. The largest absolute Gasteiger partial charge is 0.460 e. The van der Waals surface area contributed by atoms with Gasteiger partial charge in [0.25, 0.3) is 0 Å². The first-order valence-electron chi connectivity index (χ1n) is 5.27. The highest BCUT2D eigenvalue weighted by molar-refractivity contribution is 6.34. The Labute approximate surface area is 125 Å². The van der Waals surface area contributed by atoms with Crippen molar-refractivity contribution in [2.24, 2.45) is 0 Å². The number of hydrogen-bond acceptors (Lipinski definition) is 1. The van der Waals surface area contributed by atoms with Crippen LogP contribution in [0.4, 0.5) is 43.9 Å². The molecule has 1 aromatic carbocycles. The predicted molar refractivity (Wildman–Crippen MR) is 56.6 cm³/mol. The third-order valence-electron chi connectivity index (χ3n) is 2.60. The van der Waals surface area contributed by atoms with Crippen molar-refractivity contribution >= 4 is 17.4 Å². The number of rotatable bonds is 4. The van der Waals surface area contributed by atoms with Crippen molar-refractivity contribution in [3.05, 3.63) is 34.6 Å². The average molecular weight is 377 g/mol. The van der Waals surface area contributed by atoms with Gasteiger partial charge < -0.3 is 0 Å². The number of Topliss-reactive ketones (excluding diaryl/α,β-unsaturated/α-hetero) is 1. The zero-order chi connectivity index (χ0) is 18.4. The SMILES string of the molecule is O=C(c1cc(F)ccc1Cl)C(F)(F)C(F)(F)C(F)(F)C(F)(F)F. The summed E-state index contributed by atoms with van der Waals surface area (Å²) in [4.78, 5) is 11.3. The number of hydrogen-bond donors (Lipinski definition) is 0. The van der Waals surface area contributed by atoms with E-state index in [9.17, 15) is 48.7 Å². The quantitative estimate of drug-likeness (QED) is 0.526. The van der Waals surface area contributed by atoms with Crippen molar-refractivity contribution in [2.45, 2.75) is 23.9 Å². The Bertz CT molecular complexity index is 622. The molecule has 1 aromatic rings. The number of carbonyl (C=O) groups excluding carboxylic acids is 1. The molecule has 0 radical (unpaired) electrons. The van der Waals surface area contributed by atoms with E-state index in [0.29, 0.717) is 12.1 Å². The van der Waals surface area contributed by atoms with Gasteiger partial charge in [0.05, 0.1) is 5.02 Å². The summed E-state index contributed by atoms with van der Waals surface area (Å²) in [5.74, 6) is -25.5. The number of alkyl halides is 9. The van der Waals surface area contributed by atoms with Crippen molar-refractivity contribution in [3.63, 3.8) is 0 Å². The zero-order valence-corrected chi connectivity index (χ0v) is 11.1. The van der Waals surface area contributed by atoms with Gasteiger partial charge >= 0.3 is 23.9 Å². The van der Waals surface area contributed by atoms with E-state index >= 15 is 0 Å². The normalized spacial score (nSPS) is 14.0. The van der Waals surface area contributed by atoms with Gasteiger partial charge in [-0.25, -0.2) is 4.39 Å². The van der Waals surface area contributed by atoms with Gasteiger partial charge in [-0.1, -0.05) is 11.6 Å². The van der Waals surface area contributed by atoms with Crippen LogP contribution in [0.5, 0.6) is 0 Å². The number of carbonyl (C=O) groups is 1. The molecule has 0 saturated heterocycles. The summed E-state index contributed by atoms with van der Waals surface area (Å²) in [6.07, 6.45) is -7.06. The lowest BCUT2D eigenvalue weighted by atomic mass is 9.95. The summed E-state index contributed by atoms with van der Waals surface area (Å²) in [7, 11) is 0. The average Bonchev–Trinajstić information content (AvgIpc) is 2.38. The van der Waals surface area contributed by atoms with Gasteiger partial charge in [0, 0.05) is 5.56 Å². The molecule has 0 heterocycles. The molecule has 1 nitrogen and oxygen atoms in total. The van der Waals surface area contributed by atoms with Crippen LogP contribution in [0.2, 0.25) is 5.02 Å². The highest BCUT2D eigenvalue weighted by Crippen LogP contribution is 2.54. The van der Waals surface area contributed by atoms with Gasteiger partial charge in [0.1, 0.15) is 5.82 Å². The van der Waals surface area contributed by atoms with Crippen LogP contribution < -0.4 is 0 Å². The van der Waals surface area contributed by atoms with E-state index in [-0.39, 0.29) is 6.07 Å². The van der Waals surface area contributed by atoms with Crippen LogP contribution in [-0.2, 0) is 0 Å². The van der Waals surface area contributed by atoms with Gasteiger partial charge in [0.2, 0.25) is 5.78 Å². The topological polar surface area (TPSA) is 17.1 Å². The Morgan fingerprint density at radius 3 is 1.78 bits per heavy atom. The highest BCUT2D eigenvalue weighted by atomic mass is 35.5. The second-order valence-electron chi connectivity index (χ2n) is 4.17. The molecule has 0 aliphatic rings. The maximum Gasteiger partial charge on any atom is 0.460 e. The van der Waals surface area contributed by atoms with Crippen LogP contribution in [0.3, 0.4) is 0 Å². The fourth-order valence-corrected chi connectivity index (χ4v) is 1.56.